The van der Waals surface area contributed by atoms with Gasteiger partial charge in [-0.15, -0.1) is 0 Å². The highest BCUT2D eigenvalue weighted by atomic mass is 32.1. The monoisotopic (exact) mass is 287 g/mol. The Balaban J connectivity index is 2.38. The van der Waals surface area contributed by atoms with Gasteiger partial charge in [0, 0.05) is 17.6 Å². The molecule has 0 aromatic carbocycles. The molecule has 1 heterocycles. The first-order chi connectivity index (χ1) is 8.31. The molecule has 0 fully saturated rings. The van der Waals surface area contributed by atoms with Crippen molar-refractivity contribution in [3.63, 3.8) is 0 Å². The van der Waals surface area contributed by atoms with E-state index in [0.717, 1.165) is 11.5 Å². The molecule has 0 aliphatic rings. The summed E-state index contributed by atoms with van der Waals surface area (Å²) in [7, 11) is 0. The van der Waals surface area contributed by atoms with Crippen LogP contribution in [0, 0.1) is 0 Å². The molecule has 0 saturated carbocycles. The largest absolute Gasteiger partial charge is 0.367 e. The third-order valence-electron chi connectivity index (χ3n) is 1.73. The average Bonchev–Trinajstić information content (AvgIpc) is 2.64. The fourth-order valence-electron chi connectivity index (χ4n) is 0.960. The van der Waals surface area contributed by atoms with Crippen LogP contribution in [0.5, 0.6) is 0 Å². The summed E-state index contributed by atoms with van der Waals surface area (Å²) in [6.45, 7) is 2.14. The number of hydrogen-bond donors (Lipinski definition) is 1. The SMILES string of the molecule is CC(C)Nc1nc(COCC(F)(F)C(F)F)ns1. The number of halogens is 4. The van der Waals surface area contributed by atoms with Gasteiger partial charge in [-0.2, -0.15) is 13.2 Å². The van der Waals surface area contributed by atoms with E-state index in [1.165, 1.54) is 0 Å². The van der Waals surface area contributed by atoms with E-state index < -0.39 is 19.0 Å². The van der Waals surface area contributed by atoms with Gasteiger partial charge in [-0.05, 0) is 13.8 Å². The Labute approximate surface area is 106 Å². The van der Waals surface area contributed by atoms with Crippen molar-refractivity contribution in [1.82, 2.24) is 9.36 Å². The van der Waals surface area contributed by atoms with Crippen LogP contribution in [0.1, 0.15) is 19.7 Å². The normalized spacial score (nSPS) is 12.4. The Hall–Kier alpha value is -0.960. The first-order valence-corrected chi connectivity index (χ1v) is 5.91. The van der Waals surface area contributed by atoms with Crippen molar-refractivity contribution in [2.24, 2.45) is 0 Å². The minimum atomic E-state index is -4.14. The first kappa shape index (κ1) is 15.1. The van der Waals surface area contributed by atoms with Crippen LogP contribution in [0.3, 0.4) is 0 Å². The van der Waals surface area contributed by atoms with Gasteiger partial charge in [0.15, 0.2) is 5.82 Å². The highest BCUT2D eigenvalue weighted by Crippen LogP contribution is 2.23. The van der Waals surface area contributed by atoms with Gasteiger partial charge in [0.2, 0.25) is 5.13 Å². The zero-order valence-electron chi connectivity index (χ0n) is 9.79. The van der Waals surface area contributed by atoms with Gasteiger partial charge >= 0.3 is 12.3 Å². The third kappa shape index (κ3) is 4.73. The lowest BCUT2D eigenvalue weighted by Gasteiger charge is -2.14. The quantitative estimate of drug-likeness (QED) is 0.783. The van der Waals surface area contributed by atoms with Crippen LogP contribution >= 0.6 is 11.5 Å². The maximum atomic E-state index is 12.5. The van der Waals surface area contributed by atoms with E-state index in [1.807, 2.05) is 13.8 Å². The molecule has 0 bridgehead atoms. The van der Waals surface area contributed by atoms with Crippen molar-refractivity contribution >= 4 is 16.7 Å². The van der Waals surface area contributed by atoms with Crippen molar-refractivity contribution in [2.75, 3.05) is 11.9 Å². The molecule has 104 valence electrons. The molecule has 0 aliphatic carbocycles. The molecule has 4 nitrogen and oxygen atoms in total. The highest BCUT2D eigenvalue weighted by Gasteiger charge is 2.41. The van der Waals surface area contributed by atoms with Crippen LogP contribution in [-0.2, 0) is 11.3 Å². The number of rotatable bonds is 7. The molecule has 1 aromatic rings. The molecule has 1 rings (SSSR count). The van der Waals surface area contributed by atoms with Gasteiger partial charge in [-0.3, -0.25) is 0 Å². The second-order valence-electron chi connectivity index (χ2n) is 3.87. The summed E-state index contributed by atoms with van der Waals surface area (Å²) < 4.78 is 57.0. The summed E-state index contributed by atoms with van der Waals surface area (Å²) in [6.07, 6.45) is -3.74. The van der Waals surface area contributed by atoms with Crippen LogP contribution in [0.2, 0.25) is 0 Å². The van der Waals surface area contributed by atoms with E-state index in [2.05, 4.69) is 19.4 Å². The molecule has 0 amide bonds. The number of nitrogens with one attached hydrogen (secondary N) is 1. The van der Waals surface area contributed by atoms with Crippen LogP contribution in [0.4, 0.5) is 22.7 Å². The molecular weight excluding hydrogens is 274 g/mol. The van der Waals surface area contributed by atoms with Crippen molar-refractivity contribution < 1.29 is 22.3 Å². The summed E-state index contributed by atoms with van der Waals surface area (Å²) >= 11 is 1.05. The van der Waals surface area contributed by atoms with Gasteiger partial charge in [0.1, 0.15) is 13.2 Å². The summed E-state index contributed by atoms with van der Waals surface area (Å²) in [4.78, 5) is 3.95. The van der Waals surface area contributed by atoms with Crippen molar-refractivity contribution in [3.05, 3.63) is 5.82 Å². The molecule has 0 radical (unpaired) electrons. The summed E-state index contributed by atoms with van der Waals surface area (Å²) in [5.74, 6) is -3.96. The lowest BCUT2D eigenvalue weighted by molar-refractivity contribution is -0.168. The highest BCUT2D eigenvalue weighted by molar-refractivity contribution is 7.09. The molecule has 0 spiro atoms. The fourth-order valence-corrected chi connectivity index (χ4v) is 1.68. The van der Waals surface area contributed by atoms with E-state index in [9.17, 15) is 17.6 Å². The maximum absolute atomic E-state index is 12.5. The molecule has 18 heavy (non-hydrogen) atoms. The molecular formula is C9H13F4N3OS. The topological polar surface area (TPSA) is 47.0 Å². The van der Waals surface area contributed by atoms with Gasteiger partial charge in [0.25, 0.3) is 0 Å². The maximum Gasteiger partial charge on any atom is 0.330 e. The van der Waals surface area contributed by atoms with Crippen LogP contribution in [0.15, 0.2) is 0 Å². The lowest BCUT2D eigenvalue weighted by atomic mass is 10.4. The zero-order chi connectivity index (χ0) is 13.8. The van der Waals surface area contributed by atoms with Crippen molar-refractivity contribution in [1.29, 1.82) is 0 Å². The number of anilines is 1. The van der Waals surface area contributed by atoms with Gasteiger partial charge in [0.05, 0.1) is 0 Å². The minimum Gasteiger partial charge on any atom is -0.367 e. The summed E-state index contributed by atoms with van der Waals surface area (Å²) in [5.41, 5.74) is 0. The van der Waals surface area contributed by atoms with Crippen LogP contribution in [0.25, 0.3) is 0 Å². The Morgan fingerprint density at radius 1 is 1.39 bits per heavy atom. The second-order valence-corrected chi connectivity index (χ2v) is 4.62. The fraction of sp³-hybridized carbons (Fsp3) is 0.778. The third-order valence-corrected chi connectivity index (χ3v) is 2.41. The van der Waals surface area contributed by atoms with Gasteiger partial charge in [-0.1, -0.05) is 0 Å². The lowest BCUT2D eigenvalue weighted by Crippen LogP contribution is -2.32. The van der Waals surface area contributed by atoms with E-state index in [4.69, 9.17) is 0 Å². The van der Waals surface area contributed by atoms with Crippen molar-refractivity contribution in [2.45, 2.75) is 38.8 Å². The van der Waals surface area contributed by atoms with Gasteiger partial charge in [-0.25, -0.2) is 13.8 Å². The average molecular weight is 287 g/mol. The van der Waals surface area contributed by atoms with Crippen molar-refractivity contribution in [3.8, 4) is 0 Å². The number of nitrogens with zero attached hydrogens (tertiary/aromatic N) is 2. The summed E-state index contributed by atoms with van der Waals surface area (Å²) in [6, 6.07) is 0.162. The Kier molecular flexibility index (Phi) is 5.27. The molecule has 9 heteroatoms. The van der Waals surface area contributed by atoms with E-state index >= 15 is 0 Å². The number of ether oxygens (including phenoxy) is 1. The standard InChI is InChI=1S/C9H13F4N3OS/c1-5(2)14-8-15-6(16-18-8)3-17-4-9(12,13)7(10)11/h5,7H,3-4H2,1-2H3,(H,14,15,16). The summed E-state index contributed by atoms with van der Waals surface area (Å²) in [5, 5.41) is 3.50. The molecule has 1 aromatic heterocycles. The van der Waals surface area contributed by atoms with Crippen LogP contribution in [-0.4, -0.2) is 34.4 Å². The Morgan fingerprint density at radius 3 is 2.61 bits per heavy atom. The van der Waals surface area contributed by atoms with Gasteiger partial charge < -0.3 is 10.1 Å². The van der Waals surface area contributed by atoms with Crippen LogP contribution < -0.4 is 5.32 Å². The van der Waals surface area contributed by atoms with E-state index in [1.54, 1.807) is 0 Å². The second kappa shape index (κ2) is 6.28. The van der Waals surface area contributed by atoms with E-state index in [0.29, 0.717) is 5.13 Å². The molecule has 1 N–H and O–H groups in total. The van der Waals surface area contributed by atoms with E-state index in [-0.39, 0.29) is 18.5 Å². The smallest absolute Gasteiger partial charge is 0.330 e. The molecule has 0 saturated heterocycles. The zero-order valence-corrected chi connectivity index (χ0v) is 10.6. The molecule has 0 unspecified atom stereocenters. The minimum absolute atomic E-state index is 0.162. The first-order valence-electron chi connectivity index (χ1n) is 5.14. The Morgan fingerprint density at radius 2 is 2.06 bits per heavy atom. The predicted octanol–water partition coefficient (Wildman–Crippen LogP) is 2.78. The number of alkyl halides is 4. The predicted molar refractivity (Wildman–Crippen MR) is 59.3 cm³/mol. The number of aromatic nitrogens is 2. The Bertz CT molecular complexity index is 372. The number of hydrogen-bond acceptors (Lipinski definition) is 5. The molecule has 0 aliphatic heterocycles. The molecule has 0 atom stereocenters.